The van der Waals surface area contributed by atoms with Crippen LogP contribution in [0.15, 0.2) is 28.6 Å². The maximum Gasteiger partial charge on any atom is 0.318 e. The third kappa shape index (κ3) is 3.51. The Kier molecular flexibility index (Phi) is 4.49. The summed E-state index contributed by atoms with van der Waals surface area (Å²) in [6.07, 6.45) is 0. The predicted molar refractivity (Wildman–Crippen MR) is 72.6 cm³/mol. The van der Waals surface area contributed by atoms with Gasteiger partial charge in [-0.2, -0.15) is 0 Å². The van der Waals surface area contributed by atoms with Crippen molar-refractivity contribution in [1.29, 1.82) is 0 Å². The van der Waals surface area contributed by atoms with Crippen LogP contribution >= 0.6 is 23.1 Å². The Bertz CT molecular complexity index is 571. The van der Waals surface area contributed by atoms with Crippen LogP contribution in [-0.4, -0.2) is 28.5 Å². The van der Waals surface area contributed by atoms with Crippen molar-refractivity contribution in [2.24, 2.45) is 0 Å². The van der Waals surface area contributed by atoms with Crippen LogP contribution in [0, 0.1) is 5.82 Å². The van der Waals surface area contributed by atoms with Crippen molar-refractivity contribution in [2.45, 2.75) is 16.5 Å². The number of rotatable bonds is 4. The summed E-state index contributed by atoms with van der Waals surface area (Å²) in [5.41, 5.74) is 0.802. The molecule has 100 valence electrons. The van der Waals surface area contributed by atoms with Gasteiger partial charge in [0.2, 0.25) is 0 Å². The molecular weight excluding hydrogens is 287 g/mol. The molecule has 0 aliphatic carbocycles. The van der Waals surface area contributed by atoms with Crippen LogP contribution in [-0.2, 0) is 9.53 Å². The summed E-state index contributed by atoms with van der Waals surface area (Å²) >= 11 is 2.65. The highest BCUT2D eigenvalue weighted by Crippen LogP contribution is 2.31. The van der Waals surface area contributed by atoms with Crippen molar-refractivity contribution in [3.8, 4) is 10.6 Å². The molecule has 0 amide bonds. The van der Waals surface area contributed by atoms with E-state index < -0.39 is 0 Å². The van der Waals surface area contributed by atoms with Gasteiger partial charge in [0.25, 0.3) is 0 Å². The fourth-order valence-electron chi connectivity index (χ4n) is 1.33. The van der Waals surface area contributed by atoms with E-state index in [9.17, 15) is 9.18 Å². The van der Waals surface area contributed by atoms with Crippen LogP contribution in [0.3, 0.4) is 0 Å². The number of aromatic nitrogens is 2. The number of carbonyl (C=O) groups excluding carboxylic acids is 1. The SMILES string of the molecule is COC(=O)C(C)Sc1nnc(-c2ccc(F)cc2)s1. The Balaban J connectivity index is 2.11. The Morgan fingerprint density at radius 1 is 1.37 bits per heavy atom. The van der Waals surface area contributed by atoms with Crippen LogP contribution in [0.1, 0.15) is 6.92 Å². The Labute approximate surface area is 118 Å². The molecule has 2 aromatic rings. The Morgan fingerprint density at radius 2 is 2.05 bits per heavy atom. The lowest BCUT2D eigenvalue weighted by atomic mass is 10.2. The van der Waals surface area contributed by atoms with Gasteiger partial charge in [-0.05, 0) is 31.2 Å². The Morgan fingerprint density at radius 3 is 2.68 bits per heavy atom. The smallest absolute Gasteiger partial charge is 0.318 e. The number of esters is 1. The second-order valence-electron chi connectivity index (χ2n) is 3.66. The lowest BCUT2D eigenvalue weighted by Gasteiger charge is -2.04. The molecule has 1 unspecified atom stereocenters. The minimum absolute atomic E-state index is 0.290. The molecule has 0 aliphatic heterocycles. The second-order valence-corrected chi connectivity index (χ2v) is 6.23. The van der Waals surface area contributed by atoms with E-state index in [1.165, 1.54) is 42.3 Å². The predicted octanol–water partition coefficient (Wildman–Crippen LogP) is 3.00. The number of halogens is 1. The zero-order chi connectivity index (χ0) is 13.8. The summed E-state index contributed by atoms with van der Waals surface area (Å²) in [6.45, 7) is 1.75. The van der Waals surface area contributed by atoms with Crippen molar-refractivity contribution in [3.63, 3.8) is 0 Å². The molecular formula is C12H11FN2O2S2. The maximum absolute atomic E-state index is 12.8. The molecule has 19 heavy (non-hydrogen) atoms. The van der Waals surface area contributed by atoms with Crippen LogP contribution in [0.4, 0.5) is 4.39 Å². The molecule has 0 saturated carbocycles. The van der Waals surface area contributed by atoms with Crippen LogP contribution in [0.5, 0.6) is 0 Å². The van der Waals surface area contributed by atoms with Gasteiger partial charge in [-0.1, -0.05) is 23.1 Å². The normalized spacial score (nSPS) is 12.2. The first-order chi connectivity index (χ1) is 9.10. The Hall–Kier alpha value is -1.47. The first kappa shape index (κ1) is 14.0. The lowest BCUT2D eigenvalue weighted by molar-refractivity contribution is -0.139. The molecule has 0 radical (unpaired) electrons. The van der Waals surface area contributed by atoms with E-state index in [-0.39, 0.29) is 17.0 Å². The number of benzene rings is 1. The quantitative estimate of drug-likeness (QED) is 0.641. The number of thioether (sulfide) groups is 1. The number of carbonyl (C=O) groups is 1. The van der Waals surface area contributed by atoms with Crippen LogP contribution in [0.2, 0.25) is 0 Å². The highest BCUT2D eigenvalue weighted by Gasteiger charge is 2.17. The molecule has 1 aromatic carbocycles. The van der Waals surface area contributed by atoms with Crippen molar-refractivity contribution in [3.05, 3.63) is 30.1 Å². The van der Waals surface area contributed by atoms with Crippen LogP contribution < -0.4 is 0 Å². The molecule has 0 saturated heterocycles. The monoisotopic (exact) mass is 298 g/mol. The molecule has 0 N–H and O–H groups in total. The standard InChI is InChI=1S/C12H11FN2O2S2/c1-7(11(16)17-2)18-12-15-14-10(19-12)8-3-5-9(13)6-4-8/h3-7H,1-2H3. The minimum Gasteiger partial charge on any atom is -0.468 e. The zero-order valence-corrected chi connectivity index (χ0v) is 11.9. The molecule has 0 aliphatic rings. The fraction of sp³-hybridized carbons (Fsp3) is 0.250. The summed E-state index contributed by atoms with van der Waals surface area (Å²) in [4.78, 5) is 11.3. The topological polar surface area (TPSA) is 52.1 Å². The first-order valence-electron chi connectivity index (χ1n) is 5.44. The summed E-state index contributed by atoms with van der Waals surface area (Å²) < 4.78 is 18.1. The fourth-order valence-corrected chi connectivity index (χ4v) is 3.36. The third-order valence-corrected chi connectivity index (χ3v) is 4.44. The number of nitrogens with zero attached hydrogens (tertiary/aromatic N) is 2. The maximum atomic E-state index is 12.8. The van der Waals surface area contributed by atoms with Gasteiger partial charge in [-0.3, -0.25) is 4.79 Å². The van der Waals surface area contributed by atoms with Gasteiger partial charge < -0.3 is 4.74 Å². The van der Waals surface area contributed by atoms with E-state index in [2.05, 4.69) is 14.9 Å². The second kappa shape index (κ2) is 6.12. The average Bonchev–Trinajstić information content (AvgIpc) is 2.87. The van der Waals surface area contributed by atoms with Gasteiger partial charge >= 0.3 is 5.97 Å². The van der Waals surface area contributed by atoms with E-state index in [0.717, 1.165) is 5.56 Å². The van der Waals surface area contributed by atoms with Crippen LogP contribution in [0.25, 0.3) is 10.6 Å². The van der Waals surface area contributed by atoms with E-state index in [1.54, 1.807) is 19.1 Å². The van der Waals surface area contributed by atoms with Gasteiger partial charge in [-0.25, -0.2) is 4.39 Å². The van der Waals surface area contributed by atoms with Gasteiger partial charge in [0, 0.05) is 5.56 Å². The molecule has 0 fully saturated rings. The highest BCUT2D eigenvalue weighted by molar-refractivity contribution is 8.02. The number of hydrogen-bond donors (Lipinski definition) is 0. The van der Waals surface area contributed by atoms with E-state index in [1.807, 2.05) is 0 Å². The largest absolute Gasteiger partial charge is 0.468 e. The minimum atomic E-state index is -0.334. The number of methoxy groups -OCH3 is 1. The molecule has 2 rings (SSSR count). The molecule has 7 heteroatoms. The average molecular weight is 298 g/mol. The number of ether oxygens (including phenoxy) is 1. The van der Waals surface area contributed by atoms with Crippen molar-refractivity contribution < 1.29 is 13.9 Å². The van der Waals surface area contributed by atoms with Crippen molar-refractivity contribution >= 4 is 29.1 Å². The van der Waals surface area contributed by atoms with Gasteiger partial charge in [0.15, 0.2) is 4.34 Å². The van der Waals surface area contributed by atoms with E-state index >= 15 is 0 Å². The van der Waals surface area contributed by atoms with E-state index in [0.29, 0.717) is 9.35 Å². The summed E-state index contributed by atoms with van der Waals surface area (Å²) in [6, 6.07) is 6.04. The molecule has 0 spiro atoms. The lowest BCUT2D eigenvalue weighted by Crippen LogP contribution is -2.14. The third-order valence-electron chi connectivity index (χ3n) is 2.31. The molecule has 0 bridgehead atoms. The molecule has 1 aromatic heterocycles. The van der Waals surface area contributed by atoms with Gasteiger partial charge in [0.1, 0.15) is 16.1 Å². The summed E-state index contributed by atoms with van der Waals surface area (Å²) in [7, 11) is 1.35. The van der Waals surface area contributed by atoms with Crippen molar-refractivity contribution in [2.75, 3.05) is 7.11 Å². The first-order valence-corrected chi connectivity index (χ1v) is 7.13. The van der Waals surface area contributed by atoms with E-state index in [4.69, 9.17) is 0 Å². The number of hydrogen-bond acceptors (Lipinski definition) is 6. The molecule has 4 nitrogen and oxygen atoms in total. The molecule has 1 heterocycles. The van der Waals surface area contributed by atoms with Crippen molar-refractivity contribution in [1.82, 2.24) is 10.2 Å². The van der Waals surface area contributed by atoms with Gasteiger partial charge in [0.05, 0.1) is 7.11 Å². The van der Waals surface area contributed by atoms with Gasteiger partial charge in [-0.15, -0.1) is 10.2 Å². The zero-order valence-electron chi connectivity index (χ0n) is 10.3. The highest BCUT2D eigenvalue weighted by atomic mass is 32.2. The molecule has 1 atom stereocenters. The summed E-state index contributed by atoms with van der Waals surface area (Å²) in [5, 5.41) is 8.39. The summed E-state index contributed by atoms with van der Waals surface area (Å²) in [5.74, 6) is -0.592.